The first-order valence-corrected chi connectivity index (χ1v) is 5.38. The number of hydrogen-bond acceptors (Lipinski definition) is 3. The third kappa shape index (κ3) is 4.20. The van der Waals surface area contributed by atoms with Crippen molar-refractivity contribution < 1.29 is 9.59 Å². The van der Waals surface area contributed by atoms with Crippen molar-refractivity contribution in [2.24, 2.45) is 11.5 Å². The van der Waals surface area contributed by atoms with E-state index in [1.54, 1.807) is 24.3 Å². The number of hydrogen-bond donors (Lipinski definition) is 3. The van der Waals surface area contributed by atoms with E-state index in [2.05, 4.69) is 5.32 Å². The van der Waals surface area contributed by atoms with Crippen molar-refractivity contribution in [3.8, 4) is 0 Å². The maximum atomic E-state index is 11.7. The van der Waals surface area contributed by atoms with Crippen LogP contribution in [0.4, 0.5) is 0 Å². The van der Waals surface area contributed by atoms with Gasteiger partial charge in [0.2, 0.25) is 5.91 Å². The van der Waals surface area contributed by atoms with E-state index in [0.29, 0.717) is 11.1 Å². The summed E-state index contributed by atoms with van der Waals surface area (Å²) in [7, 11) is 0. The van der Waals surface area contributed by atoms with Crippen molar-refractivity contribution in [3.05, 3.63) is 35.4 Å². The third-order valence-corrected chi connectivity index (χ3v) is 2.30. The van der Waals surface area contributed by atoms with E-state index in [0.717, 1.165) is 0 Å². The zero-order valence-electron chi connectivity index (χ0n) is 9.10. The van der Waals surface area contributed by atoms with Crippen LogP contribution in [0, 0.1) is 0 Å². The van der Waals surface area contributed by atoms with E-state index >= 15 is 0 Å². The van der Waals surface area contributed by atoms with Gasteiger partial charge < -0.3 is 16.8 Å². The number of carbonyl (C=O) groups is 2. The van der Waals surface area contributed by atoms with Crippen molar-refractivity contribution in [2.45, 2.75) is 6.42 Å². The molecule has 2 amide bonds. The molecular formula is C11H13N3O2S. The molecule has 1 aromatic rings. The van der Waals surface area contributed by atoms with E-state index < -0.39 is 5.91 Å². The molecule has 5 N–H and O–H groups in total. The molecule has 0 aliphatic carbocycles. The fourth-order valence-electron chi connectivity index (χ4n) is 1.21. The van der Waals surface area contributed by atoms with Gasteiger partial charge in [-0.3, -0.25) is 9.59 Å². The molecule has 0 atom stereocenters. The van der Waals surface area contributed by atoms with Crippen LogP contribution in [0.2, 0.25) is 0 Å². The van der Waals surface area contributed by atoms with Crippen LogP contribution < -0.4 is 16.8 Å². The number of primary amides is 1. The molecule has 90 valence electrons. The number of amides is 2. The normalized spacial score (nSPS) is 9.65. The Morgan fingerprint density at radius 2 is 1.88 bits per heavy atom. The Labute approximate surface area is 104 Å². The van der Waals surface area contributed by atoms with E-state index in [-0.39, 0.29) is 23.9 Å². The molecule has 0 aromatic heterocycles. The first-order chi connectivity index (χ1) is 8.00. The Morgan fingerprint density at radius 1 is 1.24 bits per heavy atom. The predicted octanol–water partition coefficient (Wildman–Crippen LogP) is -0.0740. The highest BCUT2D eigenvalue weighted by molar-refractivity contribution is 7.80. The van der Waals surface area contributed by atoms with Crippen LogP contribution in [0.1, 0.15) is 22.3 Å². The second-order valence-electron chi connectivity index (χ2n) is 3.42. The van der Waals surface area contributed by atoms with Gasteiger partial charge in [-0.25, -0.2) is 0 Å². The monoisotopic (exact) mass is 251 g/mol. The fraction of sp³-hybridized carbons (Fsp3) is 0.182. The molecular weight excluding hydrogens is 238 g/mol. The summed E-state index contributed by atoms with van der Waals surface area (Å²) in [6.45, 7) is 0.214. The Bertz CT molecular complexity index is 460. The standard InChI is InChI=1S/C11H13N3O2S/c12-9(15)4-5-14-11(16)8-3-1-2-7(6-8)10(13)17/h1-3,6H,4-5H2,(H2,12,15)(H2,13,17)(H,14,16). The molecule has 6 heteroatoms. The van der Waals surface area contributed by atoms with Gasteiger partial charge in [0.1, 0.15) is 4.99 Å². The van der Waals surface area contributed by atoms with E-state index in [1.807, 2.05) is 0 Å². The van der Waals surface area contributed by atoms with Gasteiger partial charge >= 0.3 is 0 Å². The van der Waals surface area contributed by atoms with Crippen LogP contribution in [0.3, 0.4) is 0 Å². The van der Waals surface area contributed by atoms with Gasteiger partial charge in [0.25, 0.3) is 5.91 Å². The lowest BCUT2D eigenvalue weighted by atomic mass is 10.1. The molecule has 17 heavy (non-hydrogen) atoms. The minimum Gasteiger partial charge on any atom is -0.389 e. The third-order valence-electron chi connectivity index (χ3n) is 2.07. The molecule has 0 radical (unpaired) electrons. The maximum Gasteiger partial charge on any atom is 0.251 e. The highest BCUT2D eigenvalue weighted by Gasteiger charge is 2.06. The fourth-order valence-corrected chi connectivity index (χ4v) is 1.34. The minimum absolute atomic E-state index is 0.112. The first-order valence-electron chi connectivity index (χ1n) is 4.97. The van der Waals surface area contributed by atoms with Crippen molar-refractivity contribution in [1.29, 1.82) is 0 Å². The highest BCUT2D eigenvalue weighted by atomic mass is 32.1. The smallest absolute Gasteiger partial charge is 0.251 e. The Kier molecular flexibility index (Phi) is 4.59. The molecule has 1 rings (SSSR count). The lowest BCUT2D eigenvalue weighted by Gasteiger charge is -2.05. The second-order valence-corrected chi connectivity index (χ2v) is 3.86. The number of carbonyl (C=O) groups excluding carboxylic acids is 2. The van der Waals surface area contributed by atoms with Crippen LogP contribution in [0.15, 0.2) is 24.3 Å². The van der Waals surface area contributed by atoms with Crippen molar-refractivity contribution in [2.75, 3.05) is 6.54 Å². The summed E-state index contributed by atoms with van der Waals surface area (Å²) in [4.78, 5) is 22.4. The summed E-state index contributed by atoms with van der Waals surface area (Å²) in [6.07, 6.45) is 0.112. The zero-order valence-corrected chi connectivity index (χ0v) is 9.92. The lowest BCUT2D eigenvalue weighted by Crippen LogP contribution is -2.28. The molecule has 5 nitrogen and oxygen atoms in total. The molecule has 0 saturated heterocycles. The van der Waals surface area contributed by atoms with E-state index in [1.165, 1.54) is 0 Å². The number of nitrogens with one attached hydrogen (secondary N) is 1. The van der Waals surface area contributed by atoms with Crippen LogP contribution >= 0.6 is 12.2 Å². The van der Waals surface area contributed by atoms with Gasteiger partial charge in [0.05, 0.1) is 0 Å². The minimum atomic E-state index is -0.456. The van der Waals surface area contributed by atoms with Crippen molar-refractivity contribution >= 4 is 29.0 Å². The SMILES string of the molecule is NC(=O)CCNC(=O)c1cccc(C(N)=S)c1. The summed E-state index contributed by atoms with van der Waals surface area (Å²) >= 11 is 4.81. The molecule has 0 saturated carbocycles. The molecule has 0 bridgehead atoms. The maximum absolute atomic E-state index is 11.7. The summed E-state index contributed by atoms with van der Waals surface area (Å²) in [5.41, 5.74) is 11.5. The molecule has 1 aromatic carbocycles. The summed E-state index contributed by atoms with van der Waals surface area (Å²) in [5, 5.41) is 2.57. The molecule has 0 unspecified atom stereocenters. The number of nitrogens with two attached hydrogens (primary N) is 2. The van der Waals surface area contributed by atoms with Crippen LogP contribution in [0.5, 0.6) is 0 Å². The van der Waals surface area contributed by atoms with Crippen molar-refractivity contribution in [1.82, 2.24) is 5.32 Å². The quantitative estimate of drug-likeness (QED) is 0.638. The van der Waals surface area contributed by atoms with E-state index in [4.69, 9.17) is 23.7 Å². The van der Waals surface area contributed by atoms with Crippen LogP contribution in [0.25, 0.3) is 0 Å². The topological polar surface area (TPSA) is 98.2 Å². The Balaban J connectivity index is 2.65. The van der Waals surface area contributed by atoms with Gasteiger partial charge in [0, 0.05) is 24.1 Å². The predicted molar refractivity (Wildman–Crippen MR) is 68.5 cm³/mol. The Hall–Kier alpha value is -1.95. The number of thiocarbonyl (C=S) groups is 1. The van der Waals surface area contributed by atoms with Crippen LogP contribution in [-0.2, 0) is 4.79 Å². The molecule has 0 spiro atoms. The molecule has 0 aliphatic heterocycles. The summed E-state index contributed by atoms with van der Waals surface area (Å²) in [5.74, 6) is -0.744. The average molecular weight is 251 g/mol. The first kappa shape index (κ1) is 13.1. The Morgan fingerprint density at radius 3 is 2.47 bits per heavy atom. The van der Waals surface area contributed by atoms with Gasteiger partial charge in [-0.15, -0.1) is 0 Å². The average Bonchev–Trinajstić information content (AvgIpc) is 2.28. The summed E-state index contributed by atoms with van der Waals surface area (Å²) in [6, 6.07) is 6.66. The zero-order chi connectivity index (χ0) is 12.8. The lowest BCUT2D eigenvalue weighted by molar-refractivity contribution is -0.117. The van der Waals surface area contributed by atoms with Gasteiger partial charge in [-0.1, -0.05) is 24.4 Å². The largest absolute Gasteiger partial charge is 0.389 e. The van der Waals surface area contributed by atoms with Gasteiger partial charge in [-0.2, -0.15) is 0 Å². The summed E-state index contributed by atoms with van der Waals surface area (Å²) < 4.78 is 0. The van der Waals surface area contributed by atoms with Gasteiger partial charge in [0.15, 0.2) is 0 Å². The molecule has 0 fully saturated rings. The number of rotatable bonds is 5. The van der Waals surface area contributed by atoms with E-state index in [9.17, 15) is 9.59 Å². The van der Waals surface area contributed by atoms with Crippen molar-refractivity contribution in [3.63, 3.8) is 0 Å². The van der Waals surface area contributed by atoms with Crippen LogP contribution in [-0.4, -0.2) is 23.3 Å². The molecule has 0 aliphatic rings. The second kappa shape index (κ2) is 5.95. The number of benzene rings is 1. The highest BCUT2D eigenvalue weighted by Crippen LogP contribution is 2.05. The van der Waals surface area contributed by atoms with Gasteiger partial charge in [-0.05, 0) is 12.1 Å². The molecule has 0 heterocycles.